The lowest BCUT2D eigenvalue weighted by Crippen LogP contribution is -3.00. The number of rotatable bonds is 2. The molecule has 2 aliphatic heterocycles. The van der Waals surface area contributed by atoms with Crippen molar-refractivity contribution in [3.63, 3.8) is 0 Å². The molecule has 2 aliphatic rings. The Kier molecular flexibility index (Phi) is 7.79. The number of halogens is 2. The van der Waals surface area contributed by atoms with Crippen molar-refractivity contribution in [1.29, 1.82) is 0 Å². The van der Waals surface area contributed by atoms with E-state index in [1.54, 1.807) is 6.20 Å². The summed E-state index contributed by atoms with van der Waals surface area (Å²) in [6.45, 7) is 0.382. The van der Waals surface area contributed by atoms with Crippen LogP contribution in [-0.2, 0) is 4.79 Å². The minimum atomic E-state index is -0.0711. The molecule has 0 spiro atoms. The fraction of sp³-hybridized carbons (Fsp3) is 0.0833. The minimum absolute atomic E-state index is 0. The third kappa shape index (κ3) is 4.35. The molecule has 0 aliphatic carbocycles. The van der Waals surface area contributed by atoms with Gasteiger partial charge in [0.2, 0.25) is 5.84 Å². The van der Waals surface area contributed by atoms with Gasteiger partial charge in [-0.15, -0.1) is 5.10 Å². The summed E-state index contributed by atoms with van der Waals surface area (Å²) in [6.07, 6.45) is 5.58. The Morgan fingerprint density at radius 3 is 2.43 bits per heavy atom. The van der Waals surface area contributed by atoms with Crippen LogP contribution >= 0.6 is 0 Å². The number of hydrazone groups is 1. The van der Waals surface area contributed by atoms with Gasteiger partial charge in [-0.1, -0.05) is 0 Å². The van der Waals surface area contributed by atoms with E-state index in [0.29, 0.717) is 6.54 Å². The fourth-order valence-electron chi connectivity index (χ4n) is 1.88. The predicted molar refractivity (Wildman–Crippen MR) is 69.8 cm³/mol. The van der Waals surface area contributed by atoms with Gasteiger partial charge in [0.25, 0.3) is 5.91 Å². The van der Waals surface area contributed by atoms with Gasteiger partial charge in [-0.2, -0.15) is 0 Å². The van der Waals surface area contributed by atoms with Crippen molar-refractivity contribution < 1.29 is 45.3 Å². The number of amides is 1. The maximum Gasteiger partial charge on any atom is 0.295 e. The van der Waals surface area contributed by atoms with Crippen molar-refractivity contribution >= 4 is 23.8 Å². The Bertz CT molecular complexity index is 560. The van der Waals surface area contributed by atoms with Crippen molar-refractivity contribution in [3.8, 4) is 0 Å². The molecule has 0 saturated heterocycles. The number of hydrogen-bond donors (Lipinski definition) is 3. The summed E-state index contributed by atoms with van der Waals surface area (Å²) < 4.78 is 0. The SMILES string of the molecule is O.O=C1C[NH2+]C(c2ccc([NH+]3C=CN=C3)cc2)=NN1.[Cl-].[Cl-]. The van der Waals surface area contributed by atoms with Gasteiger partial charge in [-0.05, 0) is 12.1 Å². The number of carbonyl (C=O) groups excluding carboxylic acids is 1. The van der Waals surface area contributed by atoms with E-state index in [9.17, 15) is 4.79 Å². The van der Waals surface area contributed by atoms with Gasteiger partial charge in [0, 0.05) is 12.1 Å². The molecule has 7 nitrogen and oxygen atoms in total. The van der Waals surface area contributed by atoms with E-state index < -0.39 is 0 Å². The van der Waals surface area contributed by atoms with Gasteiger partial charge < -0.3 is 30.3 Å². The van der Waals surface area contributed by atoms with E-state index in [2.05, 4.69) is 15.5 Å². The van der Waals surface area contributed by atoms with Crippen molar-refractivity contribution in [2.75, 3.05) is 6.54 Å². The molecule has 114 valence electrons. The Morgan fingerprint density at radius 2 is 1.90 bits per heavy atom. The van der Waals surface area contributed by atoms with Crippen LogP contribution < -0.4 is 40.5 Å². The number of hydrogen-bond acceptors (Lipinski definition) is 3. The normalized spacial score (nSPS) is 18.8. The maximum absolute atomic E-state index is 11.0. The molecule has 0 radical (unpaired) electrons. The number of benzene rings is 1. The smallest absolute Gasteiger partial charge is 0.295 e. The lowest BCUT2D eigenvalue weighted by Gasteiger charge is -2.10. The highest BCUT2D eigenvalue weighted by Crippen LogP contribution is 2.05. The minimum Gasteiger partial charge on any atom is -1.00 e. The van der Waals surface area contributed by atoms with E-state index >= 15 is 0 Å². The average Bonchev–Trinajstić information content (AvgIpc) is 2.94. The summed E-state index contributed by atoms with van der Waals surface area (Å²) in [5.74, 6) is 0.736. The van der Waals surface area contributed by atoms with Gasteiger partial charge in [-0.3, -0.25) is 10.1 Å². The number of amidine groups is 1. The summed E-state index contributed by atoms with van der Waals surface area (Å²) in [5.41, 5.74) is 4.60. The highest BCUT2D eigenvalue weighted by molar-refractivity contribution is 5.95. The summed E-state index contributed by atoms with van der Waals surface area (Å²) >= 11 is 0. The second-order valence-corrected chi connectivity index (χ2v) is 4.07. The quantitative estimate of drug-likeness (QED) is 0.492. The molecule has 3 rings (SSSR count). The molecule has 1 aromatic carbocycles. The van der Waals surface area contributed by atoms with Gasteiger partial charge in [-0.25, -0.2) is 15.3 Å². The van der Waals surface area contributed by atoms with E-state index in [1.165, 1.54) is 0 Å². The standard InChI is InChI=1S/C12H11N5O.2ClH.H2O/c18-11-7-14-12(16-15-11)9-1-3-10(4-2-9)17-6-5-13-8-17;;;/h1-6,8H,7H2,(H,14,16)(H,15,18);2*1H;1H2. The zero-order valence-electron chi connectivity index (χ0n) is 10.9. The van der Waals surface area contributed by atoms with Crippen molar-refractivity contribution in [2.24, 2.45) is 10.1 Å². The predicted octanol–water partition coefficient (Wildman–Crippen LogP) is -8.75. The zero-order chi connectivity index (χ0) is 12.4. The van der Waals surface area contributed by atoms with Crippen LogP contribution in [0.4, 0.5) is 5.69 Å². The summed E-state index contributed by atoms with van der Waals surface area (Å²) in [6, 6.07) is 8.04. The highest BCUT2D eigenvalue weighted by atomic mass is 35.5. The zero-order valence-corrected chi connectivity index (χ0v) is 12.4. The molecular weight excluding hydrogens is 317 g/mol. The topological polar surface area (TPSA) is 106 Å². The van der Waals surface area contributed by atoms with Gasteiger partial charge in [0.05, 0.1) is 11.8 Å². The Balaban J connectivity index is 0.00000133. The molecule has 0 saturated carbocycles. The van der Waals surface area contributed by atoms with E-state index in [4.69, 9.17) is 0 Å². The van der Waals surface area contributed by atoms with Crippen LogP contribution in [0.25, 0.3) is 0 Å². The first-order chi connectivity index (χ1) is 8.83. The third-order valence-corrected chi connectivity index (χ3v) is 2.85. The Morgan fingerprint density at radius 1 is 1.19 bits per heavy atom. The van der Waals surface area contributed by atoms with Gasteiger partial charge >= 0.3 is 0 Å². The summed E-state index contributed by atoms with van der Waals surface area (Å²) in [5, 5.41) is 5.85. The number of aliphatic imine (C=N–C) groups is 1. The molecule has 21 heavy (non-hydrogen) atoms. The first-order valence-corrected chi connectivity index (χ1v) is 5.70. The average molecular weight is 332 g/mol. The second-order valence-electron chi connectivity index (χ2n) is 4.07. The molecule has 2 heterocycles. The Labute approximate surface area is 133 Å². The van der Waals surface area contributed by atoms with Gasteiger partial charge in [0.1, 0.15) is 11.9 Å². The monoisotopic (exact) mass is 331 g/mol. The van der Waals surface area contributed by atoms with E-state index in [0.717, 1.165) is 22.0 Å². The molecule has 0 aromatic heterocycles. The second kappa shape index (κ2) is 8.50. The molecule has 0 fully saturated rings. The Hall–Kier alpha value is -1.77. The highest BCUT2D eigenvalue weighted by Gasteiger charge is 2.18. The lowest BCUT2D eigenvalue weighted by atomic mass is 10.1. The number of carbonyl (C=O) groups is 1. The van der Waals surface area contributed by atoms with Crippen molar-refractivity contribution in [3.05, 3.63) is 42.2 Å². The van der Waals surface area contributed by atoms with Crippen molar-refractivity contribution in [2.45, 2.75) is 0 Å². The summed E-state index contributed by atoms with van der Waals surface area (Å²) in [7, 11) is 0. The van der Waals surface area contributed by atoms with Crippen molar-refractivity contribution in [1.82, 2.24) is 5.43 Å². The van der Waals surface area contributed by atoms with E-state index in [1.807, 2.05) is 42.1 Å². The molecular formula is C12H15Cl2N5O2. The van der Waals surface area contributed by atoms with Crippen LogP contribution in [0, 0.1) is 0 Å². The van der Waals surface area contributed by atoms with E-state index in [-0.39, 0.29) is 36.2 Å². The largest absolute Gasteiger partial charge is 1.00 e. The first-order valence-electron chi connectivity index (χ1n) is 5.70. The molecule has 9 heteroatoms. The van der Waals surface area contributed by atoms with Crippen LogP contribution in [0.5, 0.6) is 0 Å². The van der Waals surface area contributed by atoms with Gasteiger partial charge in [0.15, 0.2) is 12.9 Å². The lowest BCUT2D eigenvalue weighted by molar-refractivity contribution is -0.654. The third-order valence-electron chi connectivity index (χ3n) is 2.85. The van der Waals surface area contributed by atoms with Crippen LogP contribution in [0.1, 0.15) is 5.56 Å². The van der Waals surface area contributed by atoms with Crippen LogP contribution in [0.15, 0.2) is 46.8 Å². The molecule has 1 atom stereocenters. The summed E-state index contributed by atoms with van der Waals surface area (Å²) in [4.78, 5) is 16.1. The molecule has 1 amide bonds. The maximum atomic E-state index is 11.0. The number of nitrogens with two attached hydrogens (primary N) is 1. The molecule has 6 N–H and O–H groups in total. The van der Waals surface area contributed by atoms with Crippen LogP contribution in [-0.4, -0.2) is 30.1 Å². The number of nitrogens with one attached hydrogen (secondary N) is 2. The number of quaternary nitrogens is 2. The fourth-order valence-corrected chi connectivity index (χ4v) is 1.88. The first kappa shape index (κ1) is 19.2. The number of nitrogens with zero attached hydrogens (tertiary/aromatic N) is 2. The molecule has 1 aromatic rings. The van der Waals surface area contributed by atoms with Crippen LogP contribution in [0.2, 0.25) is 0 Å². The molecule has 1 unspecified atom stereocenters. The van der Waals surface area contributed by atoms with Crippen LogP contribution in [0.3, 0.4) is 0 Å². The molecule has 0 bridgehead atoms.